The number of carbonyl (C=O) groups is 1. The Morgan fingerprint density at radius 1 is 1.44 bits per heavy atom. The van der Waals surface area contributed by atoms with Gasteiger partial charge in [-0.2, -0.15) is 17.0 Å². The molecule has 88 valence electrons. The van der Waals surface area contributed by atoms with Crippen molar-refractivity contribution >= 4 is 17.7 Å². The minimum Gasteiger partial charge on any atom is -0.351 e. The van der Waals surface area contributed by atoms with Crippen molar-refractivity contribution in [1.29, 1.82) is 5.26 Å². The van der Waals surface area contributed by atoms with Crippen LogP contribution in [0, 0.1) is 16.7 Å². The molecule has 0 saturated heterocycles. The average molecular weight is 238 g/mol. The summed E-state index contributed by atoms with van der Waals surface area (Å²) < 4.78 is 0. The fraction of sp³-hybridized carbons (Fsp3) is 0.833. The summed E-state index contributed by atoms with van der Waals surface area (Å²) in [7, 11) is 0. The number of nitrogens with one attached hydrogen (secondary N) is 1. The summed E-state index contributed by atoms with van der Waals surface area (Å²) in [6, 6.07) is 2.49. The predicted octanol–water partition coefficient (Wildman–Crippen LogP) is 2.08. The highest BCUT2D eigenvalue weighted by Gasteiger charge is 2.45. The number of hydrogen-bond acceptors (Lipinski definition) is 3. The van der Waals surface area contributed by atoms with Crippen molar-refractivity contribution in [2.24, 2.45) is 5.41 Å². The maximum atomic E-state index is 12.1. The summed E-state index contributed by atoms with van der Waals surface area (Å²) in [5.74, 6) is -0.0211. The Balaban J connectivity index is 1.94. The third-order valence-electron chi connectivity index (χ3n) is 3.93. The van der Waals surface area contributed by atoms with Gasteiger partial charge in [-0.05, 0) is 38.4 Å². The van der Waals surface area contributed by atoms with E-state index in [4.69, 9.17) is 5.26 Å². The monoisotopic (exact) mass is 238 g/mol. The first-order valence-electron chi connectivity index (χ1n) is 5.97. The lowest BCUT2D eigenvalue weighted by atomic mass is 9.69. The minimum atomic E-state index is -0.689. The van der Waals surface area contributed by atoms with E-state index in [1.807, 2.05) is 11.8 Å². The number of rotatable bonds is 3. The van der Waals surface area contributed by atoms with Crippen LogP contribution in [0.5, 0.6) is 0 Å². The second kappa shape index (κ2) is 4.67. The molecule has 3 nitrogen and oxygen atoms in total. The number of carbonyl (C=O) groups excluding carboxylic acids is 1. The molecule has 0 aromatic carbocycles. The van der Waals surface area contributed by atoms with Crippen molar-refractivity contribution in [3.8, 4) is 6.07 Å². The zero-order chi connectivity index (χ0) is 11.6. The van der Waals surface area contributed by atoms with Gasteiger partial charge in [0.05, 0.1) is 6.07 Å². The molecule has 0 heterocycles. The van der Waals surface area contributed by atoms with E-state index in [9.17, 15) is 4.79 Å². The fourth-order valence-corrected chi connectivity index (χ4v) is 3.53. The van der Waals surface area contributed by atoms with Gasteiger partial charge in [0.15, 0.2) is 0 Å². The molecule has 16 heavy (non-hydrogen) atoms. The lowest BCUT2D eigenvalue weighted by molar-refractivity contribution is -0.132. The SMILES string of the molecule is CSC1CCCC1NC(=O)C1(C#N)CCC1. The first kappa shape index (κ1) is 11.8. The zero-order valence-corrected chi connectivity index (χ0v) is 10.5. The van der Waals surface area contributed by atoms with Gasteiger partial charge < -0.3 is 5.32 Å². The molecule has 0 radical (unpaired) electrons. The fourth-order valence-electron chi connectivity index (χ4n) is 2.60. The Morgan fingerprint density at radius 2 is 2.19 bits per heavy atom. The van der Waals surface area contributed by atoms with Gasteiger partial charge in [0.25, 0.3) is 0 Å². The van der Waals surface area contributed by atoms with Crippen LogP contribution in [-0.2, 0) is 4.79 Å². The molecule has 2 fully saturated rings. The third-order valence-corrected chi connectivity index (χ3v) is 5.10. The van der Waals surface area contributed by atoms with Crippen molar-refractivity contribution in [3.63, 3.8) is 0 Å². The van der Waals surface area contributed by atoms with Crippen LogP contribution in [0.2, 0.25) is 0 Å². The molecule has 1 N–H and O–H groups in total. The molecule has 0 aliphatic heterocycles. The summed E-state index contributed by atoms with van der Waals surface area (Å²) in [4.78, 5) is 12.1. The van der Waals surface area contributed by atoms with Crippen LogP contribution in [0.15, 0.2) is 0 Å². The van der Waals surface area contributed by atoms with Crippen molar-refractivity contribution < 1.29 is 4.79 Å². The van der Waals surface area contributed by atoms with Gasteiger partial charge >= 0.3 is 0 Å². The molecule has 0 bridgehead atoms. The van der Waals surface area contributed by atoms with Crippen molar-refractivity contribution in [2.75, 3.05) is 6.26 Å². The molecule has 4 heteroatoms. The molecular weight excluding hydrogens is 220 g/mol. The van der Waals surface area contributed by atoms with E-state index in [0.29, 0.717) is 5.25 Å². The van der Waals surface area contributed by atoms with Crippen LogP contribution >= 0.6 is 11.8 Å². The quantitative estimate of drug-likeness (QED) is 0.819. The summed E-state index contributed by atoms with van der Waals surface area (Å²) >= 11 is 1.83. The lowest BCUT2D eigenvalue weighted by Crippen LogP contribution is -2.49. The van der Waals surface area contributed by atoms with Gasteiger partial charge in [0.2, 0.25) is 5.91 Å². The summed E-state index contributed by atoms with van der Waals surface area (Å²) in [6.45, 7) is 0. The molecule has 1 amide bonds. The lowest BCUT2D eigenvalue weighted by Gasteiger charge is -2.35. The van der Waals surface area contributed by atoms with E-state index in [1.165, 1.54) is 12.8 Å². The highest BCUT2D eigenvalue weighted by Crippen LogP contribution is 2.41. The number of thioether (sulfide) groups is 1. The number of amides is 1. The molecule has 0 aromatic heterocycles. The Morgan fingerprint density at radius 3 is 2.69 bits per heavy atom. The van der Waals surface area contributed by atoms with E-state index >= 15 is 0 Å². The standard InChI is InChI=1S/C12H18N2OS/c1-16-10-5-2-4-9(10)14-11(15)12(8-13)6-3-7-12/h9-10H,2-7H2,1H3,(H,14,15). The topological polar surface area (TPSA) is 52.9 Å². The molecule has 2 aliphatic rings. The number of hydrogen-bond donors (Lipinski definition) is 1. The van der Waals surface area contributed by atoms with Crippen LogP contribution < -0.4 is 5.32 Å². The van der Waals surface area contributed by atoms with Crippen LogP contribution in [0.4, 0.5) is 0 Å². The molecular formula is C12H18N2OS. The normalized spacial score (nSPS) is 31.5. The summed E-state index contributed by atoms with van der Waals surface area (Å²) in [6.07, 6.45) is 8.04. The van der Waals surface area contributed by atoms with Crippen molar-refractivity contribution in [3.05, 3.63) is 0 Å². The smallest absolute Gasteiger partial charge is 0.240 e. The third kappa shape index (κ3) is 1.93. The van der Waals surface area contributed by atoms with E-state index in [-0.39, 0.29) is 11.9 Å². The largest absolute Gasteiger partial charge is 0.351 e. The average Bonchev–Trinajstić information content (AvgIpc) is 2.64. The zero-order valence-electron chi connectivity index (χ0n) is 9.66. The van der Waals surface area contributed by atoms with Gasteiger partial charge in [-0.15, -0.1) is 0 Å². The Labute approximate surface area is 101 Å². The van der Waals surface area contributed by atoms with E-state index in [2.05, 4.69) is 17.6 Å². The van der Waals surface area contributed by atoms with Crippen LogP contribution in [0.3, 0.4) is 0 Å². The predicted molar refractivity (Wildman–Crippen MR) is 65.0 cm³/mol. The van der Waals surface area contributed by atoms with Crippen molar-refractivity contribution in [1.82, 2.24) is 5.32 Å². The molecule has 2 unspecified atom stereocenters. The molecule has 0 spiro atoms. The maximum Gasteiger partial charge on any atom is 0.240 e. The number of nitrogens with zero attached hydrogens (tertiary/aromatic N) is 1. The van der Waals surface area contributed by atoms with Gasteiger partial charge in [-0.25, -0.2) is 0 Å². The Kier molecular flexibility index (Phi) is 3.44. The second-order valence-electron chi connectivity index (χ2n) is 4.83. The van der Waals surface area contributed by atoms with Crippen LogP contribution in [0.25, 0.3) is 0 Å². The maximum absolute atomic E-state index is 12.1. The molecule has 0 aromatic rings. The van der Waals surface area contributed by atoms with Gasteiger partial charge in [0.1, 0.15) is 5.41 Å². The Hall–Kier alpha value is -0.690. The van der Waals surface area contributed by atoms with Gasteiger partial charge in [-0.1, -0.05) is 6.42 Å². The van der Waals surface area contributed by atoms with Crippen LogP contribution in [-0.4, -0.2) is 23.5 Å². The highest BCUT2D eigenvalue weighted by atomic mass is 32.2. The second-order valence-corrected chi connectivity index (χ2v) is 5.91. The molecule has 2 saturated carbocycles. The Bertz CT molecular complexity index is 319. The van der Waals surface area contributed by atoms with Gasteiger partial charge in [0, 0.05) is 11.3 Å². The van der Waals surface area contributed by atoms with Crippen molar-refractivity contribution in [2.45, 2.75) is 49.8 Å². The molecule has 2 atom stereocenters. The van der Waals surface area contributed by atoms with E-state index in [1.54, 1.807) is 0 Å². The first-order valence-corrected chi connectivity index (χ1v) is 7.26. The molecule has 2 rings (SSSR count). The summed E-state index contributed by atoms with van der Waals surface area (Å²) in [5.41, 5.74) is -0.689. The minimum absolute atomic E-state index is 0.0211. The summed E-state index contributed by atoms with van der Waals surface area (Å²) in [5, 5.41) is 12.7. The van der Waals surface area contributed by atoms with Gasteiger partial charge in [-0.3, -0.25) is 4.79 Å². The van der Waals surface area contributed by atoms with Crippen LogP contribution in [0.1, 0.15) is 38.5 Å². The number of nitriles is 1. The molecule has 2 aliphatic carbocycles. The first-order chi connectivity index (χ1) is 7.72. The van der Waals surface area contributed by atoms with E-state index < -0.39 is 5.41 Å². The highest BCUT2D eigenvalue weighted by molar-refractivity contribution is 7.99. The van der Waals surface area contributed by atoms with E-state index in [0.717, 1.165) is 25.7 Å².